The van der Waals surface area contributed by atoms with Crippen LogP contribution in [0.3, 0.4) is 0 Å². The monoisotopic (exact) mass is 165 g/mol. The summed E-state index contributed by atoms with van der Waals surface area (Å²) in [5.41, 5.74) is 0. The van der Waals surface area contributed by atoms with Crippen molar-refractivity contribution in [1.29, 1.82) is 0 Å². The molecule has 1 rings (SSSR count). The average molecular weight is 165 g/mol. The van der Waals surface area contributed by atoms with Crippen LogP contribution in [0.15, 0.2) is 0 Å². The van der Waals surface area contributed by atoms with E-state index in [0.717, 1.165) is 19.4 Å². The van der Waals surface area contributed by atoms with Crippen molar-refractivity contribution in [3.8, 4) is 0 Å². The quantitative estimate of drug-likeness (QED) is 0.561. The first-order chi connectivity index (χ1) is 4.79. The molecule has 0 aromatic rings. The molecular weight excluding hydrogens is 154 g/mol. The van der Waals surface area contributed by atoms with E-state index in [1.54, 1.807) is 0 Å². The lowest BCUT2D eigenvalue weighted by Gasteiger charge is -2.20. The predicted molar refractivity (Wildman–Crippen MR) is 37.7 cm³/mol. The van der Waals surface area contributed by atoms with Crippen molar-refractivity contribution < 1.29 is 13.5 Å². The molecule has 1 aliphatic heterocycles. The van der Waals surface area contributed by atoms with Gasteiger partial charge in [0.15, 0.2) is 0 Å². The summed E-state index contributed by atoms with van der Waals surface area (Å²) in [6.45, 7) is 1.32. The van der Waals surface area contributed by atoms with E-state index in [4.69, 9.17) is 9.29 Å². The number of rotatable bonds is 2. The summed E-state index contributed by atoms with van der Waals surface area (Å²) in [7, 11) is 0. The second-order valence-electron chi connectivity index (χ2n) is 2.28. The van der Waals surface area contributed by atoms with Gasteiger partial charge in [0.05, 0.1) is 6.61 Å². The Kier molecular flexibility index (Phi) is 3.27. The molecule has 0 aromatic carbocycles. The Morgan fingerprint density at radius 2 is 2.50 bits per heavy atom. The Morgan fingerprint density at radius 3 is 3.00 bits per heavy atom. The van der Waals surface area contributed by atoms with Crippen LogP contribution >= 0.6 is 0 Å². The molecule has 4 nitrogen and oxygen atoms in total. The van der Waals surface area contributed by atoms with Crippen molar-refractivity contribution in [2.75, 3.05) is 13.2 Å². The molecule has 60 valence electrons. The Labute approximate surface area is 62.4 Å². The van der Waals surface area contributed by atoms with Gasteiger partial charge in [-0.15, -0.1) is 0 Å². The van der Waals surface area contributed by atoms with Gasteiger partial charge in [-0.2, -0.15) is 0 Å². The van der Waals surface area contributed by atoms with Crippen LogP contribution in [0.1, 0.15) is 12.8 Å². The van der Waals surface area contributed by atoms with E-state index in [-0.39, 0.29) is 6.04 Å². The zero-order valence-electron chi connectivity index (χ0n) is 5.58. The molecule has 1 saturated heterocycles. The summed E-state index contributed by atoms with van der Waals surface area (Å²) in [5, 5.41) is 0. The lowest BCUT2D eigenvalue weighted by Crippen LogP contribution is -2.37. The summed E-state index contributed by atoms with van der Waals surface area (Å²) in [6.07, 6.45) is 1.89. The standard InChI is InChI=1S/C5H11NO3S/c7-10(8)6-5-2-1-3-9-4-5/h5-6H,1-4H2,(H,7,8). The van der Waals surface area contributed by atoms with E-state index in [1.807, 2.05) is 0 Å². The largest absolute Gasteiger partial charge is 0.380 e. The molecule has 1 fully saturated rings. The van der Waals surface area contributed by atoms with Gasteiger partial charge in [0, 0.05) is 12.6 Å². The zero-order valence-corrected chi connectivity index (χ0v) is 6.39. The van der Waals surface area contributed by atoms with E-state index in [9.17, 15) is 4.21 Å². The maximum absolute atomic E-state index is 10.2. The highest BCUT2D eigenvalue weighted by Gasteiger charge is 2.14. The minimum atomic E-state index is -1.89. The van der Waals surface area contributed by atoms with Crippen LogP contribution in [0, 0.1) is 0 Å². The number of hydrogen-bond donors (Lipinski definition) is 2. The first-order valence-corrected chi connectivity index (χ1v) is 4.34. The van der Waals surface area contributed by atoms with Crippen LogP contribution in [0.2, 0.25) is 0 Å². The topological polar surface area (TPSA) is 58.6 Å². The maximum Gasteiger partial charge on any atom is 0.232 e. The second kappa shape index (κ2) is 4.02. The summed E-state index contributed by atoms with van der Waals surface area (Å²) >= 11 is -1.89. The molecule has 2 atom stereocenters. The molecule has 0 amide bonds. The van der Waals surface area contributed by atoms with Gasteiger partial charge in [0.1, 0.15) is 0 Å². The Morgan fingerprint density at radius 1 is 1.70 bits per heavy atom. The highest BCUT2D eigenvalue weighted by Crippen LogP contribution is 2.05. The summed E-state index contributed by atoms with van der Waals surface area (Å²) in [6, 6.07) is 0.0552. The fourth-order valence-electron chi connectivity index (χ4n) is 0.976. The Balaban J connectivity index is 2.19. The minimum absolute atomic E-state index is 0.0552. The van der Waals surface area contributed by atoms with Gasteiger partial charge < -0.3 is 4.74 Å². The third-order valence-electron chi connectivity index (χ3n) is 1.43. The fraction of sp³-hybridized carbons (Fsp3) is 1.00. The summed E-state index contributed by atoms with van der Waals surface area (Å²) in [4.78, 5) is 0. The molecule has 5 heteroatoms. The SMILES string of the molecule is O=S(O)NC1CCCOC1. The van der Waals surface area contributed by atoms with Gasteiger partial charge in [0.25, 0.3) is 0 Å². The van der Waals surface area contributed by atoms with E-state index >= 15 is 0 Å². The van der Waals surface area contributed by atoms with Gasteiger partial charge in [0.2, 0.25) is 11.3 Å². The van der Waals surface area contributed by atoms with Crippen molar-refractivity contribution in [3.05, 3.63) is 0 Å². The molecule has 0 saturated carbocycles. The zero-order chi connectivity index (χ0) is 7.40. The molecule has 0 radical (unpaired) electrons. The van der Waals surface area contributed by atoms with Gasteiger partial charge in [-0.25, -0.2) is 8.93 Å². The van der Waals surface area contributed by atoms with Gasteiger partial charge in [-0.3, -0.25) is 4.55 Å². The number of nitrogens with one attached hydrogen (secondary N) is 1. The molecule has 1 heterocycles. The molecule has 2 N–H and O–H groups in total. The fourth-order valence-corrected chi connectivity index (χ4v) is 1.45. The van der Waals surface area contributed by atoms with Crippen LogP contribution < -0.4 is 4.72 Å². The Hall–Kier alpha value is 0.0300. The summed E-state index contributed by atoms with van der Waals surface area (Å²) < 4.78 is 26.2. The van der Waals surface area contributed by atoms with Crippen LogP contribution in [0.5, 0.6) is 0 Å². The number of ether oxygens (including phenoxy) is 1. The van der Waals surface area contributed by atoms with E-state index in [0.29, 0.717) is 6.61 Å². The van der Waals surface area contributed by atoms with Crippen molar-refractivity contribution in [2.24, 2.45) is 0 Å². The van der Waals surface area contributed by atoms with Crippen molar-refractivity contribution >= 4 is 11.3 Å². The number of hydrogen-bond acceptors (Lipinski definition) is 2. The molecule has 0 bridgehead atoms. The summed E-state index contributed by atoms with van der Waals surface area (Å²) in [5.74, 6) is 0. The third kappa shape index (κ3) is 2.74. The van der Waals surface area contributed by atoms with E-state index in [1.165, 1.54) is 0 Å². The molecule has 1 aliphatic rings. The van der Waals surface area contributed by atoms with Gasteiger partial charge in [-0.05, 0) is 12.8 Å². The smallest absolute Gasteiger partial charge is 0.232 e. The van der Waals surface area contributed by atoms with Crippen LogP contribution in [0.25, 0.3) is 0 Å². The normalized spacial score (nSPS) is 29.9. The molecule has 10 heavy (non-hydrogen) atoms. The highest BCUT2D eigenvalue weighted by molar-refractivity contribution is 7.77. The van der Waals surface area contributed by atoms with Gasteiger partial charge in [-0.1, -0.05) is 0 Å². The lowest BCUT2D eigenvalue weighted by atomic mass is 10.1. The minimum Gasteiger partial charge on any atom is -0.380 e. The molecule has 2 unspecified atom stereocenters. The average Bonchev–Trinajstić information content (AvgIpc) is 1.88. The first-order valence-electron chi connectivity index (χ1n) is 3.24. The predicted octanol–water partition coefficient (Wildman–Crippen LogP) is -0.108. The van der Waals surface area contributed by atoms with Crippen molar-refractivity contribution in [1.82, 2.24) is 4.72 Å². The molecular formula is C5H11NO3S. The van der Waals surface area contributed by atoms with Crippen LogP contribution in [-0.4, -0.2) is 28.0 Å². The lowest BCUT2D eigenvalue weighted by molar-refractivity contribution is 0.0773. The molecule has 0 aromatic heterocycles. The second-order valence-corrected chi connectivity index (χ2v) is 3.02. The van der Waals surface area contributed by atoms with Crippen molar-refractivity contribution in [3.63, 3.8) is 0 Å². The molecule has 0 aliphatic carbocycles. The van der Waals surface area contributed by atoms with E-state index in [2.05, 4.69) is 4.72 Å². The first kappa shape index (κ1) is 8.13. The van der Waals surface area contributed by atoms with E-state index < -0.39 is 11.3 Å². The Bertz CT molecular complexity index is 124. The third-order valence-corrected chi connectivity index (χ3v) is 1.96. The maximum atomic E-state index is 10.2. The van der Waals surface area contributed by atoms with Crippen LogP contribution in [0.4, 0.5) is 0 Å². The highest BCUT2D eigenvalue weighted by atomic mass is 32.2. The van der Waals surface area contributed by atoms with Crippen LogP contribution in [-0.2, 0) is 16.0 Å². The van der Waals surface area contributed by atoms with Crippen molar-refractivity contribution in [2.45, 2.75) is 18.9 Å². The van der Waals surface area contributed by atoms with Gasteiger partial charge >= 0.3 is 0 Å². The molecule has 0 spiro atoms.